The van der Waals surface area contributed by atoms with Gasteiger partial charge in [0.15, 0.2) is 0 Å². The maximum absolute atomic E-state index is 14.0. The van der Waals surface area contributed by atoms with Crippen LogP contribution in [0.3, 0.4) is 0 Å². The Morgan fingerprint density at radius 2 is 1.46 bits per heavy atom. The monoisotopic (exact) mass is 473 g/mol. The van der Waals surface area contributed by atoms with Gasteiger partial charge >= 0.3 is 0 Å². The third-order valence-corrected chi connectivity index (χ3v) is 6.79. The summed E-state index contributed by atoms with van der Waals surface area (Å²) in [5.74, 6) is 0.300. The van der Waals surface area contributed by atoms with E-state index in [1.807, 2.05) is 54.6 Å². The van der Waals surface area contributed by atoms with Gasteiger partial charge in [-0.15, -0.1) is 0 Å². The van der Waals surface area contributed by atoms with Crippen LogP contribution in [0.25, 0.3) is 0 Å². The van der Waals surface area contributed by atoms with E-state index < -0.39 is 5.41 Å². The van der Waals surface area contributed by atoms with Gasteiger partial charge in [0.05, 0.1) is 6.61 Å². The number of para-hydroxylation sites is 1. The van der Waals surface area contributed by atoms with Crippen LogP contribution in [0.1, 0.15) is 69.4 Å². The highest BCUT2D eigenvalue weighted by atomic mass is 16.5. The number of aliphatic hydroxyl groups excluding tert-OH is 1. The maximum Gasteiger partial charge on any atom is 0.244 e. The van der Waals surface area contributed by atoms with Crippen molar-refractivity contribution in [3.8, 4) is 11.5 Å². The van der Waals surface area contributed by atoms with E-state index in [9.17, 15) is 15.0 Å². The maximum atomic E-state index is 14.0. The number of amides is 1. The van der Waals surface area contributed by atoms with Crippen molar-refractivity contribution in [2.75, 3.05) is 18.5 Å². The fourth-order valence-electron chi connectivity index (χ4n) is 4.81. The van der Waals surface area contributed by atoms with Crippen LogP contribution in [0.2, 0.25) is 0 Å². The number of aliphatic hydroxyl groups is 1. The number of phenols is 1. The molecule has 5 nitrogen and oxygen atoms in total. The average molecular weight is 474 g/mol. The Morgan fingerprint density at radius 1 is 0.829 bits per heavy atom. The molecule has 1 atom stereocenters. The largest absolute Gasteiger partial charge is 0.508 e. The molecule has 1 unspecified atom stereocenters. The second-order valence-electron chi connectivity index (χ2n) is 11.3. The van der Waals surface area contributed by atoms with Crippen LogP contribution in [0, 0.1) is 0 Å². The van der Waals surface area contributed by atoms with Gasteiger partial charge in [0, 0.05) is 22.4 Å². The highest BCUT2D eigenvalue weighted by Crippen LogP contribution is 2.53. The van der Waals surface area contributed by atoms with E-state index in [0.29, 0.717) is 22.6 Å². The van der Waals surface area contributed by atoms with Gasteiger partial charge in [-0.2, -0.15) is 0 Å². The number of carbonyl (C=O) groups excluding carboxylic acids is 1. The molecule has 3 aromatic carbocycles. The summed E-state index contributed by atoms with van der Waals surface area (Å²) in [7, 11) is 0. The Kier molecular flexibility index (Phi) is 6.18. The third-order valence-electron chi connectivity index (χ3n) is 6.79. The van der Waals surface area contributed by atoms with Crippen molar-refractivity contribution in [3.05, 3.63) is 88.5 Å². The number of nitrogens with one attached hydrogen (secondary N) is 1. The summed E-state index contributed by atoms with van der Waals surface area (Å²) >= 11 is 0. The van der Waals surface area contributed by atoms with E-state index in [4.69, 9.17) is 4.74 Å². The number of rotatable bonds is 5. The van der Waals surface area contributed by atoms with Crippen molar-refractivity contribution >= 4 is 11.6 Å². The number of benzene rings is 3. The molecule has 0 fully saturated rings. The zero-order valence-corrected chi connectivity index (χ0v) is 21.4. The molecule has 1 aliphatic rings. The predicted molar refractivity (Wildman–Crippen MR) is 139 cm³/mol. The number of fused-ring (bicyclic) bond motifs is 1. The van der Waals surface area contributed by atoms with Gasteiger partial charge in [-0.3, -0.25) is 4.79 Å². The number of hydrogen-bond acceptors (Lipinski definition) is 4. The Morgan fingerprint density at radius 3 is 2.11 bits per heavy atom. The fraction of sp³-hybridized carbons (Fsp3) is 0.367. The van der Waals surface area contributed by atoms with Crippen LogP contribution in [0.5, 0.6) is 11.5 Å². The first kappa shape index (κ1) is 24.8. The number of ether oxygens (including phenoxy) is 1. The van der Waals surface area contributed by atoms with Gasteiger partial charge in [-0.05, 0) is 46.2 Å². The Labute approximate surface area is 207 Å². The summed E-state index contributed by atoms with van der Waals surface area (Å²) < 4.78 is 6.07. The third kappa shape index (κ3) is 4.19. The molecule has 3 aromatic rings. The summed E-state index contributed by atoms with van der Waals surface area (Å²) in [6, 6.07) is 19.0. The van der Waals surface area contributed by atoms with Crippen molar-refractivity contribution in [1.82, 2.24) is 0 Å². The number of anilines is 1. The van der Waals surface area contributed by atoms with Gasteiger partial charge in [-0.1, -0.05) is 77.9 Å². The summed E-state index contributed by atoms with van der Waals surface area (Å²) in [5, 5.41) is 23.8. The topological polar surface area (TPSA) is 78.8 Å². The molecule has 0 aliphatic carbocycles. The van der Waals surface area contributed by atoms with E-state index in [0.717, 1.165) is 16.7 Å². The molecule has 184 valence electrons. The van der Waals surface area contributed by atoms with Crippen LogP contribution < -0.4 is 10.1 Å². The first-order valence-electron chi connectivity index (χ1n) is 12.0. The van der Waals surface area contributed by atoms with Gasteiger partial charge in [0.2, 0.25) is 5.91 Å². The summed E-state index contributed by atoms with van der Waals surface area (Å²) in [5.41, 5.74) is 2.97. The Balaban J connectivity index is 2.11. The minimum Gasteiger partial charge on any atom is -0.508 e. The first-order valence-corrected chi connectivity index (χ1v) is 12.0. The first-order chi connectivity index (χ1) is 16.4. The molecular formula is C30H35NO4. The van der Waals surface area contributed by atoms with Crippen LogP contribution in [-0.2, 0) is 21.0 Å². The van der Waals surface area contributed by atoms with Crippen molar-refractivity contribution < 1.29 is 19.7 Å². The van der Waals surface area contributed by atoms with E-state index in [1.54, 1.807) is 6.07 Å². The highest BCUT2D eigenvalue weighted by molar-refractivity contribution is 6.12. The van der Waals surface area contributed by atoms with Crippen LogP contribution in [-0.4, -0.2) is 29.3 Å². The zero-order valence-electron chi connectivity index (χ0n) is 21.4. The molecule has 4 rings (SSSR count). The Hall–Kier alpha value is -3.31. The summed E-state index contributed by atoms with van der Waals surface area (Å²) in [4.78, 5) is 14.0. The van der Waals surface area contributed by atoms with E-state index in [1.165, 1.54) is 0 Å². The summed E-state index contributed by atoms with van der Waals surface area (Å²) in [6.07, 6.45) is 0. The smallest absolute Gasteiger partial charge is 0.244 e. The van der Waals surface area contributed by atoms with Crippen molar-refractivity contribution in [3.63, 3.8) is 0 Å². The number of carbonyl (C=O) groups is 1. The average Bonchev–Trinajstić information content (AvgIpc) is 3.08. The lowest BCUT2D eigenvalue weighted by atomic mass is 9.68. The molecule has 0 bridgehead atoms. The normalized spacial score (nSPS) is 17.7. The molecule has 1 amide bonds. The second-order valence-corrected chi connectivity index (χ2v) is 11.3. The summed E-state index contributed by atoms with van der Waals surface area (Å²) in [6.45, 7) is 12.6. The molecule has 3 N–H and O–H groups in total. The minimum atomic E-state index is -1.33. The fourth-order valence-corrected chi connectivity index (χ4v) is 4.81. The minimum absolute atomic E-state index is 0.0397. The van der Waals surface area contributed by atoms with Gasteiger partial charge in [-0.25, -0.2) is 0 Å². The van der Waals surface area contributed by atoms with E-state index in [-0.39, 0.29) is 35.7 Å². The quantitative estimate of drug-likeness (QED) is 0.448. The molecule has 1 aliphatic heterocycles. The molecule has 0 spiro atoms. The molecule has 5 heteroatoms. The van der Waals surface area contributed by atoms with Crippen molar-refractivity contribution in [2.45, 2.75) is 57.8 Å². The van der Waals surface area contributed by atoms with E-state index in [2.05, 4.69) is 46.9 Å². The Bertz CT molecular complexity index is 1270. The lowest BCUT2D eigenvalue weighted by molar-refractivity contribution is -0.118. The molecule has 35 heavy (non-hydrogen) atoms. The molecule has 0 aromatic heterocycles. The van der Waals surface area contributed by atoms with E-state index >= 15 is 0 Å². The molecular weight excluding hydrogens is 438 g/mol. The standard InChI is InChI=1S/C30H35NO4/c1-28(2,3)19-12-14-25(33)23(17-19)30(21-9-7-8-10-24(21)31-27(30)34)22-13-11-20(29(4,5)6)18-26(22)35-16-15-32/h7-14,17-18,32-33H,15-16H2,1-6H3,(H,31,34). The van der Waals surface area contributed by atoms with Crippen LogP contribution in [0.4, 0.5) is 5.69 Å². The van der Waals surface area contributed by atoms with Gasteiger partial charge in [0.25, 0.3) is 0 Å². The van der Waals surface area contributed by atoms with Crippen molar-refractivity contribution in [2.24, 2.45) is 0 Å². The lowest BCUT2D eigenvalue weighted by Crippen LogP contribution is -2.38. The highest BCUT2D eigenvalue weighted by Gasteiger charge is 2.53. The van der Waals surface area contributed by atoms with Crippen LogP contribution in [0.15, 0.2) is 60.7 Å². The predicted octanol–water partition coefficient (Wildman–Crippen LogP) is 5.64. The van der Waals surface area contributed by atoms with Gasteiger partial charge < -0.3 is 20.3 Å². The molecule has 0 saturated carbocycles. The number of phenolic OH excluding ortho intramolecular Hbond substituents is 1. The molecule has 1 heterocycles. The van der Waals surface area contributed by atoms with Gasteiger partial charge in [0.1, 0.15) is 23.5 Å². The molecule has 0 radical (unpaired) electrons. The number of hydrogen-bond donors (Lipinski definition) is 3. The van der Waals surface area contributed by atoms with Crippen LogP contribution >= 0.6 is 0 Å². The van der Waals surface area contributed by atoms with Crippen molar-refractivity contribution in [1.29, 1.82) is 0 Å². The second kappa shape index (κ2) is 8.72. The zero-order chi connectivity index (χ0) is 25.6. The SMILES string of the molecule is CC(C)(C)c1ccc(C2(c3cc(C(C)(C)C)ccc3O)C(=O)Nc3ccccc32)c(OCCO)c1. The molecule has 0 saturated heterocycles. The number of aromatic hydroxyl groups is 1. The lowest BCUT2D eigenvalue weighted by Gasteiger charge is -2.33.